The topological polar surface area (TPSA) is 79.3 Å². The fraction of sp³-hybridized carbons (Fsp3) is 0.400. The van der Waals surface area contributed by atoms with Crippen molar-refractivity contribution in [3.05, 3.63) is 47.5 Å². The second-order valence-corrected chi connectivity index (χ2v) is 8.29. The van der Waals surface area contributed by atoms with Gasteiger partial charge in [-0.1, -0.05) is 12.1 Å². The molecule has 0 amide bonds. The van der Waals surface area contributed by atoms with Crippen LogP contribution in [0, 0.1) is 6.92 Å². The second kappa shape index (κ2) is 8.38. The first-order chi connectivity index (χ1) is 13.3. The number of anilines is 1. The average molecular weight is 407 g/mol. The van der Waals surface area contributed by atoms with Gasteiger partial charge in [-0.05, 0) is 42.3 Å². The maximum absolute atomic E-state index is 11.8. The van der Waals surface area contributed by atoms with E-state index in [2.05, 4.69) is 4.90 Å². The average Bonchev–Trinajstić information content (AvgIpc) is 2.68. The summed E-state index contributed by atoms with van der Waals surface area (Å²) in [4.78, 5) is 4.29. The van der Waals surface area contributed by atoms with E-state index in [0.29, 0.717) is 30.3 Å². The fourth-order valence-corrected chi connectivity index (χ4v) is 4.27. The fourth-order valence-electron chi connectivity index (χ4n) is 3.47. The maximum Gasteiger partial charge on any atom is 0.296 e. The molecule has 0 radical (unpaired) electrons. The highest BCUT2D eigenvalue weighted by molar-refractivity contribution is 7.86. The van der Waals surface area contributed by atoms with E-state index in [4.69, 9.17) is 9.47 Å². The molecule has 0 aromatic heterocycles. The van der Waals surface area contributed by atoms with E-state index in [9.17, 15) is 13.0 Å². The van der Waals surface area contributed by atoms with Crippen molar-refractivity contribution in [1.82, 2.24) is 4.90 Å². The first-order valence-corrected chi connectivity index (χ1v) is 10.5. The number of rotatable bonds is 6. The van der Waals surface area contributed by atoms with Gasteiger partial charge in [0, 0.05) is 32.7 Å². The smallest absolute Gasteiger partial charge is 0.296 e. The predicted molar refractivity (Wildman–Crippen MR) is 108 cm³/mol. The van der Waals surface area contributed by atoms with Gasteiger partial charge in [-0.3, -0.25) is 9.45 Å². The van der Waals surface area contributed by atoms with Gasteiger partial charge in [0.1, 0.15) is 4.90 Å². The molecule has 0 aliphatic carbocycles. The third-order valence-corrected chi connectivity index (χ3v) is 5.84. The van der Waals surface area contributed by atoms with Crippen molar-refractivity contribution in [2.24, 2.45) is 0 Å². The maximum atomic E-state index is 11.8. The zero-order chi connectivity index (χ0) is 20.3. The van der Waals surface area contributed by atoms with Gasteiger partial charge in [-0.15, -0.1) is 0 Å². The largest absolute Gasteiger partial charge is 0.493 e. The SMILES string of the molecule is COc1ccc(CN2CCN(c3ccc(C)cc3S(=O)(=O)O)CC2)cc1OC. The quantitative estimate of drug-likeness (QED) is 0.739. The lowest BCUT2D eigenvalue weighted by Gasteiger charge is -2.36. The third-order valence-electron chi connectivity index (χ3n) is 4.96. The van der Waals surface area contributed by atoms with Crippen LogP contribution in [0.1, 0.15) is 11.1 Å². The molecule has 28 heavy (non-hydrogen) atoms. The highest BCUT2D eigenvalue weighted by Gasteiger charge is 2.24. The van der Waals surface area contributed by atoms with E-state index in [0.717, 1.165) is 30.8 Å². The van der Waals surface area contributed by atoms with Crippen molar-refractivity contribution >= 4 is 15.8 Å². The van der Waals surface area contributed by atoms with E-state index in [1.165, 1.54) is 6.07 Å². The first kappa shape index (κ1) is 20.4. The van der Waals surface area contributed by atoms with Crippen LogP contribution >= 0.6 is 0 Å². The van der Waals surface area contributed by atoms with Crippen molar-refractivity contribution < 1.29 is 22.4 Å². The molecule has 2 aromatic rings. The van der Waals surface area contributed by atoms with E-state index in [-0.39, 0.29) is 4.90 Å². The summed E-state index contributed by atoms with van der Waals surface area (Å²) in [6.45, 7) is 5.50. The van der Waals surface area contributed by atoms with Gasteiger partial charge in [0.15, 0.2) is 11.5 Å². The van der Waals surface area contributed by atoms with Gasteiger partial charge in [0.05, 0.1) is 19.9 Å². The molecule has 7 nitrogen and oxygen atoms in total. The summed E-state index contributed by atoms with van der Waals surface area (Å²) >= 11 is 0. The van der Waals surface area contributed by atoms with Crippen molar-refractivity contribution in [2.75, 3.05) is 45.3 Å². The van der Waals surface area contributed by atoms with Crippen molar-refractivity contribution in [2.45, 2.75) is 18.4 Å². The van der Waals surface area contributed by atoms with Crippen LogP contribution in [0.25, 0.3) is 0 Å². The van der Waals surface area contributed by atoms with E-state index >= 15 is 0 Å². The molecule has 0 spiro atoms. The van der Waals surface area contributed by atoms with Crippen molar-refractivity contribution in [3.63, 3.8) is 0 Å². The molecule has 152 valence electrons. The minimum absolute atomic E-state index is 0.0270. The van der Waals surface area contributed by atoms with Crippen LogP contribution in [-0.4, -0.2) is 58.3 Å². The van der Waals surface area contributed by atoms with Gasteiger partial charge in [-0.2, -0.15) is 8.42 Å². The Morgan fingerprint density at radius 2 is 1.64 bits per heavy atom. The molecule has 0 saturated carbocycles. The predicted octanol–water partition coefficient (Wildman–Crippen LogP) is 2.58. The second-order valence-electron chi connectivity index (χ2n) is 6.90. The van der Waals surface area contributed by atoms with Crippen LogP contribution in [0.4, 0.5) is 5.69 Å². The van der Waals surface area contributed by atoms with Gasteiger partial charge in [-0.25, -0.2) is 0 Å². The van der Waals surface area contributed by atoms with Crippen molar-refractivity contribution in [3.8, 4) is 11.5 Å². The molecule has 1 aliphatic rings. The number of aryl methyl sites for hydroxylation is 1. The standard InChI is InChI=1S/C20H26N2O5S/c1-15-4-6-17(20(12-15)28(23,24)25)22-10-8-21(9-11-22)14-16-5-7-18(26-2)19(13-16)27-3/h4-7,12-13H,8-11,14H2,1-3H3,(H,23,24,25). The van der Waals surface area contributed by atoms with E-state index in [1.54, 1.807) is 27.2 Å². The number of nitrogens with zero attached hydrogens (tertiary/aromatic N) is 2. The number of hydrogen-bond acceptors (Lipinski definition) is 6. The summed E-state index contributed by atoms with van der Waals surface area (Å²) in [6.07, 6.45) is 0. The molecular formula is C20H26N2O5S. The summed E-state index contributed by atoms with van der Waals surface area (Å²) in [5, 5.41) is 0. The molecular weight excluding hydrogens is 380 g/mol. The molecule has 1 aliphatic heterocycles. The Kier molecular flexibility index (Phi) is 6.12. The lowest BCUT2D eigenvalue weighted by molar-refractivity contribution is 0.249. The molecule has 1 N–H and O–H groups in total. The normalized spacial score (nSPS) is 15.5. The molecule has 2 aromatic carbocycles. The molecule has 0 bridgehead atoms. The zero-order valence-corrected chi connectivity index (χ0v) is 17.2. The van der Waals surface area contributed by atoms with Crippen LogP contribution in [0.15, 0.2) is 41.3 Å². The first-order valence-electron chi connectivity index (χ1n) is 9.08. The van der Waals surface area contributed by atoms with Crippen LogP contribution in [0.5, 0.6) is 11.5 Å². The molecule has 1 heterocycles. The highest BCUT2D eigenvalue weighted by Crippen LogP contribution is 2.29. The molecule has 1 fully saturated rings. The van der Waals surface area contributed by atoms with E-state index < -0.39 is 10.1 Å². The van der Waals surface area contributed by atoms with Crippen molar-refractivity contribution in [1.29, 1.82) is 0 Å². The summed E-state index contributed by atoms with van der Waals surface area (Å²) in [6, 6.07) is 11.0. The number of benzene rings is 2. The lowest BCUT2D eigenvalue weighted by atomic mass is 10.1. The van der Waals surface area contributed by atoms with Crippen LogP contribution in [0.2, 0.25) is 0 Å². The molecule has 0 atom stereocenters. The Morgan fingerprint density at radius 3 is 2.25 bits per heavy atom. The van der Waals surface area contributed by atoms with Gasteiger partial charge in [0.25, 0.3) is 10.1 Å². The third kappa shape index (κ3) is 4.57. The Morgan fingerprint density at radius 1 is 0.964 bits per heavy atom. The Hall–Kier alpha value is -2.29. The summed E-state index contributed by atoms with van der Waals surface area (Å²) < 4.78 is 43.7. The van der Waals surface area contributed by atoms with Gasteiger partial charge in [0.2, 0.25) is 0 Å². The minimum Gasteiger partial charge on any atom is -0.493 e. The molecule has 1 saturated heterocycles. The summed E-state index contributed by atoms with van der Waals surface area (Å²) in [5.74, 6) is 1.41. The summed E-state index contributed by atoms with van der Waals surface area (Å²) in [5.41, 5.74) is 2.47. The number of ether oxygens (including phenoxy) is 2. The van der Waals surface area contributed by atoms with E-state index in [1.807, 2.05) is 29.2 Å². The minimum atomic E-state index is -4.26. The molecule has 3 rings (SSSR count). The van der Waals surface area contributed by atoms with Gasteiger partial charge >= 0.3 is 0 Å². The van der Waals surface area contributed by atoms with Crippen LogP contribution in [0.3, 0.4) is 0 Å². The van der Waals surface area contributed by atoms with Gasteiger partial charge < -0.3 is 14.4 Å². The zero-order valence-electron chi connectivity index (χ0n) is 16.4. The Labute approximate surface area is 166 Å². The monoisotopic (exact) mass is 406 g/mol. The molecule has 8 heteroatoms. The van der Waals surface area contributed by atoms with Crippen LogP contribution < -0.4 is 14.4 Å². The number of methoxy groups -OCH3 is 2. The lowest BCUT2D eigenvalue weighted by Crippen LogP contribution is -2.46. The molecule has 0 unspecified atom stereocenters. The number of piperazine rings is 1. The summed E-state index contributed by atoms with van der Waals surface area (Å²) in [7, 11) is -1.03. The Balaban J connectivity index is 1.69. The highest BCUT2D eigenvalue weighted by atomic mass is 32.2. The number of hydrogen-bond donors (Lipinski definition) is 1. The Bertz CT molecular complexity index is 938. The van der Waals surface area contributed by atoms with Crippen LogP contribution in [-0.2, 0) is 16.7 Å².